The van der Waals surface area contributed by atoms with Crippen LogP contribution < -0.4 is 26.0 Å². The number of ether oxygens (including phenoxy) is 1. The van der Waals surface area contributed by atoms with Crippen LogP contribution >= 0.6 is 11.3 Å². The fourth-order valence-electron chi connectivity index (χ4n) is 3.46. The molecular formula is C21H22F2N6O2S. The van der Waals surface area contributed by atoms with E-state index >= 15 is 0 Å². The Hall–Kier alpha value is -3.47. The Morgan fingerprint density at radius 1 is 1.22 bits per heavy atom. The summed E-state index contributed by atoms with van der Waals surface area (Å²) < 4.78 is 30.8. The van der Waals surface area contributed by atoms with E-state index in [2.05, 4.69) is 25.5 Å². The molecular weight excluding hydrogens is 438 g/mol. The maximum absolute atomic E-state index is 13.0. The minimum atomic E-state index is -2.97. The van der Waals surface area contributed by atoms with E-state index < -0.39 is 12.5 Å². The van der Waals surface area contributed by atoms with E-state index in [9.17, 15) is 13.6 Å². The molecule has 2 aromatic heterocycles. The third-order valence-corrected chi connectivity index (χ3v) is 5.94. The number of alkyl halides is 2. The van der Waals surface area contributed by atoms with Crippen molar-refractivity contribution in [3.63, 3.8) is 0 Å². The zero-order chi connectivity index (χ0) is 22.7. The van der Waals surface area contributed by atoms with E-state index in [1.54, 1.807) is 36.7 Å². The fourth-order valence-corrected chi connectivity index (χ4v) is 4.16. The Morgan fingerprint density at radius 2 is 2.00 bits per heavy atom. The van der Waals surface area contributed by atoms with Crippen molar-refractivity contribution in [2.75, 3.05) is 28.6 Å². The molecule has 0 aliphatic carbocycles. The number of carbonyl (C=O) groups excluding carboxylic acids is 1. The van der Waals surface area contributed by atoms with Gasteiger partial charge in [-0.25, -0.2) is 4.98 Å². The van der Waals surface area contributed by atoms with Crippen molar-refractivity contribution in [3.05, 3.63) is 46.3 Å². The summed E-state index contributed by atoms with van der Waals surface area (Å²) in [5, 5.41) is 7.78. The van der Waals surface area contributed by atoms with Gasteiger partial charge in [0, 0.05) is 36.6 Å². The van der Waals surface area contributed by atoms with Crippen LogP contribution in [0.25, 0.3) is 0 Å². The highest BCUT2D eigenvalue weighted by Crippen LogP contribution is 2.34. The number of aromatic nitrogens is 2. The molecule has 1 aliphatic heterocycles. The van der Waals surface area contributed by atoms with Gasteiger partial charge in [-0.2, -0.15) is 13.8 Å². The summed E-state index contributed by atoms with van der Waals surface area (Å²) in [6.07, 6.45) is 3.72. The van der Waals surface area contributed by atoms with Crippen molar-refractivity contribution < 1.29 is 18.3 Å². The first-order valence-corrected chi connectivity index (χ1v) is 10.9. The van der Waals surface area contributed by atoms with E-state index in [1.807, 2.05) is 6.07 Å². The third kappa shape index (κ3) is 4.88. The number of anilines is 5. The van der Waals surface area contributed by atoms with Crippen LogP contribution in [0.1, 0.15) is 28.1 Å². The zero-order valence-corrected chi connectivity index (χ0v) is 18.1. The molecule has 1 amide bonds. The number of hydrogen-bond donors (Lipinski definition) is 3. The van der Waals surface area contributed by atoms with Crippen LogP contribution in [0.2, 0.25) is 0 Å². The second kappa shape index (κ2) is 9.35. The molecule has 32 heavy (non-hydrogen) atoms. The number of nitrogens with zero attached hydrogens (tertiary/aromatic N) is 3. The topological polar surface area (TPSA) is 105 Å². The first-order valence-electron chi connectivity index (χ1n) is 9.99. The molecule has 0 radical (unpaired) electrons. The minimum absolute atomic E-state index is 0.0110. The highest BCUT2D eigenvalue weighted by atomic mass is 32.1. The maximum Gasteiger partial charge on any atom is 0.387 e. The number of halogens is 2. The number of nitrogens with two attached hydrogens (primary N) is 1. The molecule has 3 aromatic rings. The van der Waals surface area contributed by atoms with Gasteiger partial charge < -0.3 is 26.0 Å². The number of hydrogen-bond acceptors (Lipinski definition) is 8. The van der Waals surface area contributed by atoms with Gasteiger partial charge in [0.25, 0.3) is 5.91 Å². The Kier molecular flexibility index (Phi) is 6.35. The van der Waals surface area contributed by atoms with Gasteiger partial charge in [-0.3, -0.25) is 4.79 Å². The van der Waals surface area contributed by atoms with Crippen molar-refractivity contribution in [1.82, 2.24) is 9.97 Å². The lowest BCUT2D eigenvalue weighted by atomic mass is 10.2. The maximum atomic E-state index is 13.0. The third-order valence-electron chi connectivity index (χ3n) is 5.01. The Labute approximate surface area is 187 Å². The van der Waals surface area contributed by atoms with Crippen LogP contribution in [0.3, 0.4) is 0 Å². The Morgan fingerprint density at radius 3 is 2.72 bits per heavy atom. The Balaban J connectivity index is 1.60. The van der Waals surface area contributed by atoms with E-state index in [1.165, 1.54) is 11.3 Å². The predicted octanol–water partition coefficient (Wildman–Crippen LogP) is 4.63. The Bertz CT molecular complexity index is 1120. The lowest BCUT2D eigenvalue weighted by molar-refractivity contribution is -0.0493. The SMILES string of the molecule is Cc1cnc(Nc2ccc(N3CCCC3)cc2OC(F)F)nc1Nc1ccsc1C(N)=O. The van der Waals surface area contributed by atoms with Crippen molar-refractivity contribution in [2.24, 2.45) is 5.73 Å². The summed E-state index contributed by atoms with van der Waals surface area (Å²) in [4.78, 5) is 22.8. The van der Waals surface area contributed by atoms with Crippen molar-refractivity contribution in [2.45, 2.75) is 26.4 Å². The molecule has 0 bridgehead atoms. The van der Waals surface area contributed by atoms with Gasteiger partial charge in [0.15, 0.2) is 5.75 Å². The molecule has 1 saturated heterocycles. The summed E-state index contributed by atoms with van der Waals surface area (Å²) in [5.41, 5.74) is 7.81. The molecule has 1 aliphatic rings. The van der Waals surface area contributed by atoms with E-state index in [0.717, 1.165) is 37.2 Å². The number of rotatable bonds is 8. The summed E-state index contributed by atoms with van der Waals surface area (Å²) in [7, 11) is 0. The number of aryl methyl sites for hydroxylation is 1. The quantitative estimate of drug-likeness (QED) is 0.450. The van der Waals surface area contributed by atoms with Crippen LogP contribution in [0.4, 0.5) is 37.6 Å². The molecule has 0 unspecified atom stereocenters. The van der Waals surface area contributed by atoms with Crippen LogP contribution in [-0.2, 0) is 0 Å². The van der Waals surface area contributed by atoms with Gasteiger partial charge in [0.1, 0.15) is 10.7 Å². The number of benzene rings is 1. The lowest BCUT2D eigenvalue weighted by Gasteiger charge is -2.20. The first-order chi connectivity index (χ1) is 15.4. The highest BCUT2D eigenvalue weighted by molar-refractivity contribution is 7.12. The van der Waals surface area contributed by atoms with Crippen molar-refractivity contribution >= 4 is 46.1 Å². The predicted molar refractivity (Wildman–Crippen MR) is 121 cm³/mol. The number of primary amides is 1. The summed E-state index contributed by atoms with van der Waals surface area (Å²) in [6.45, 7) is 0.601. The van der Waals surface area contributed by atoms with Crippen LogP contribution in [0, 0.1) is 6.92 Å². The van der Waals surface area contributed by atoms with Gasteiger partial charge in [0.2, 0.25) is 5.95 Å². The molecule has 3 heterocycles. The van der Waals surface area contributed by atoms with Gasteiger partial charge in [-0.15, -0.1) is 11.3 Å². The molecule has 0 atom stereocenters. The molecule has 8 nitrogen and oxygen atoms in total. The molecule has 4 N–H and O–H groups in total. The van der Waals surface area contributed by atoms with E-state index in [-0.39, 0.29) is 11.7 Å². The summed E-state index contributed by atoms with van der Waals surface area (Å²) >= 11 is 1.22. The van der Waals surface area contributed by atoms with Gasteiger partial charge >= 0.3 is 6.61 Å². The standard InChI is InChI=1S/C21H22F2N6O2S/c1-12-11-25-21(28-19(12)26-15-6-9-32-17(15)18(24)30)27-14-5-4-13(29-7-2-3-8-29)10-16(14)31-20(22)23/h4-6,9-11,20H,2-3,7-8H2,1H3,(H2,24,30)(H2,25,26,27,28). The van der Waals surface area contributed by atoms with Gasteiger partial charge in [-0.05, 0) is 43.3 Å². The monoisotopic (exact) mass is 460 g/mol. The van der Waals surface area contributed by atoms with Crippen LogP contribution in [0.5, 0.6) is 5.75 Å². The molecule has 11 heteroatoms. The average Bonchev–Trinajstić information content (AvgIpc) is 3.43. The smallest absolute Gasteiger partial charge is 0.387 e. The van der Waals surface area contributed by atoms with Gasteiger partial charge in [-0.1, -0.05) is 0 Å². The molecule has 1 fully saturated rings. The largest absolute Gasteiger partial charge is 0.433 e. The second-order valence-corrected chi connectivity index (χ2v) is 8.17. The van der Waals surface area contributed by atoms with E-state index in [0.29, 0.717) is 22.1 Å². The number of amides is 1. The first kappa shape index (κ1) is 21.8. The lowest BCUT2D eigenvalue weighted by Crippen LogP contribution is -2.18. The fraction of sp³-hybridized carbons (Fsp3) is 0.286. The zero-order valence-electron chi connectivity index (χ0n) is 17.3. The normalized spacial score (nSPS) is 13.4. The average molecular weight is 461 g/mol. The molecule has 168 valence electrons. The second-order valence-electron chi connectivity index (χ2n) is 7.26. The number of thiophene rings is 1. The molecule has 1 aromatic carbocycles. The van der Waals surface area contributed by atoms with Crippen molar-refractivity contribution in [3.8, 4) is 5.75 Å². The van der Waals surface area contributed by atoms with Gasteiger partial charge in [0.05, 0.1) is 11.4 Å². The van der Waals surface area contributed by atoms with Crippen LogP contribution in [-0.4, -0.2) is 35.6 Å². The molecule has 4 rings (SSSR count). The molecule has 0 spiro atoms. The summed E-state index contributed by atoms with van der Waals surface area (Å²) in [6, 6.07) is 6.85. The van der Waals surface area contributed by atoms with Crippen LogP contribution in [0.15, 0.2) is 35.8 Å². The highest BCUT2D eigenvalue weighted by Gasteiger charge is 2.18. The van der Waals surface area contributed by atoms with Crippen molar-refractivity contribution in [1.29, 1.82) is 0 Å². The number of carbonyl (C=O) groups is 1. The van der Waals surface area contributed by atoms with E-state index in [4.69, 9.17) is 10.5 Å². The molecule has 0 saturated carbocycles. The minimum Gasteiger partial charge on any atom is -0.433 e. The summed E-state index contributed by atoms with van der Waals surface area (Å²) in [5.74, 6) is 0.104. The number of nitrogens with one attached hydrogen (secondary N) is 2.